The van der Waals surface area contributed by atoms with Crippen molar-refractivity contribution in [1.82, 2.24) is 0 Å². The van der Waals surface area contributed by atoms with Crippen LogP contribution in [0.3, 0.4) is 0 Å². The lowest BCUT2D eigenvalue weighted by Gasteiger charge is -2.30. The van der Waals surface area contributed by atoms with Crippen molar-refractivity contribution >= 4 is 23.4 Å². The molecule has 1 heterocycles. The number of hydrogen-bond donors (Lipinski definition) is 0. The summed E-state index contributed by atoms with van der Waals surface area (Å²) < 4.78 is 99.4. The Morgan fingerprint density at radius 2 is 1.64 bits per heavy atom. The summed E-state index contributed by atoms with van der Waals surface area (Å²) in [6.45, 7) is -0.143. The molecule has 0 radical (unpaired) electrons. The fourth-order valence-electron chi connectivity index (χ4n) is 3.28. The number of piperidine rings is 1. The summed E-state index contributed by atoms with van der Waals surface area (Å²) >= 11 is 0. The number of carbonyl (C=O) groups excluding carboxylic acids is 2. The van der Waals surface area contributed by atoms with Gasteiger partial charge in [-0.15, -0.1) is 0 Å². The van der Waals surface area contributed by atoms with Gasteiger partial charge in [-0.3, -0.25) is 9.69 Å². The van der Waals surface area contributed by atoms with Crippen molar-refractivity contribution in [2.45, 2.75) is 31.6 Å². The molecule has 178 valence electrons. The van der Waals surface area contributed by atoms with Gasteiger partial charge in [0.25, 0.3) is 0 Å². The Morgan fingerprint density at radius 1 is 1.00 bits per heavy atom. The molecule has 0 unspecified atom stereocenters. The molecule has 0 spiro atoms. The van der Waals surface area contributed by atoms with E-state index < -0.39 is 52.7 Å². The van der Waals surface area contributed by atoms with Gasteiger partial charge in [-0.2, -0.15) is 26.3 Å². The molecule has 0 saturated carbocycles. The van der Waals surface area contributed by atoms with Gasteiger partial charge in [0, 0.05) is 25.7 Å². The summed E-state index contributed by atoms with van der Waals surface area (Å²) in [7, 11) is 1.12. The minimum Gasteiger partial charge on any atom is -0.407 e. The maximum atomic E-state index is 13.8. The predicted octanol–water partition coefficient (Wildman–Crippen LogP) is 6.02. The van der Waals surface area contributed by atoms with Gasteiger partial charge in [0.05, 0.1) is 11.3 Å². The number of nitrogens with zero attached hydrogens (tertiary/aromatic N) is 2. The maximum Gasteiger partial charge on any atom is 0.420 e. The number of ether oxygens (including phenoxy) is 1. The SMILES string of the molecule is CN(C(=O)Oc1c(N2CCCCC2=O)cc(C(F)(F)F)cc1C(F)(F)F)c1ccc(F)cc1. The van der Waals surface area contributed by atoms with E-state index >= 15 is 0 Å². The van der Waals surface area contributed by atoms with Gasteiger partial charge in [0.1, 0.15) is 11.4 Å². The number of amides is 2. The third kappa shape index (κ3) is 5.37. The molecule has 12 heteroatoms. The van der Waals surface area contributed by atoms with Gasteiger partial charge < -0.3 is 9.64 Å². The third-order valence-electron chi connectivity index (χ3n) is 4.99. The Morgan fingerprint density at radius 3 is 2.18 bits per heavy atom. The molecule has 0 N–H and O–H groups in total. The Labute approximate surface area is 183 Å². The Kier molecular flexibility index (Phi) is 6.57. The van der Waals surface area contributed by atoms with Crippen molar-refractivity contribution < 1.29 is 45.1 Å². The van der Waals surface area contributed by atoms with Crippen molar-refractivity contribution in [2.75, 3.05) is 23.4 Å². The molecule has 0 aromatic heterocycles. The van der Waals surface area contributed by atoms with Crippen molar-refractivity contribution in [3.05, 3.63) is 53.3 Å². The number of hydrogen-bond acceptors (Lipinski definition) is 3. The standard InChI is InChI=1S/C21H17F7N2O3/c1-29(14-7-5-13(22)6-8-14)19(32)33-18-15(21(26,27)28)10-12(20(23,24)25)11-16(18)30-9-3-2-4-17(30)31/h5-8,10-11H,2-4,9H2,1H3. The summed E-state index contributed by atoms with van der Waals surface area (Å²) in [5.74, 6) is -2.55. The van der Waals surface area contributed by atoms with Gasteiger partial charge in [-0.05, 0) is 49.2 Å². The fourth-order valence-corrected chi connectivity index (χ4v) is 3.28. The Bertz CT molecular complexity index is 1050. The first-order valence-electron chi connectivity index (χ1n) is 9.63. The van der Waals surface area contributed by atoms with Crippen molar-refractivity contribution in [2.24, 2.45) is 0 Å². The van der Waals surface area contributed by atoms with E-state index in [0.29, 0.717) is 18.9 Å². The largest absolute Gasteiger partial charge is 0.420 e. The van der Waals surface area contributed by atoms with E-state index in [2.05, 4.69) is 0 Å². The molecule has 0 atom stereocenters. The molecule has 2 amide bonds. The number of benzene rings is 2. The molecule has 1 aliphatic heterocycles. The normalized spacial score (nSPS) is 14.9. The second kappa shape index (κ2) is 8.91. The van der Waals surface area contributed by atoms with Crippen LogP contribution in [0.4, 0.5) is 46.9 Å². The van der Waals surface area contributed by atoms with Crippen LogP contribution in [0.2, 0.25) is 0 Å². The molecule has 1 fully saturated rings. The molecule has 0 bridgehead atoms. The van der Waals surface area contributed by atoms with Crippen LogP contribution in [0.5, 0.6) is 5.75 Å². The first kappa shape index (κ1) is 24.3. The summed E-state index contributed by atoms with van der Waals surface area (Å²) in [5.41, 5.74) is -4.25. The van der Waals surface area contributed by atoms with Crippen LogP contribution < -0.4 is 14.5 Å². The third-order valence-corrected chi connectivity index (χ3v) is 4.99. The highest BCUT2D eigenvalue weighted by Gasteiger charge is 2.42. The Hall–Kier alpha value is -3.31. The minimum atomic E-state index is -5.33. The highest BCUT2D eigenvalue weighted by atomic mass is 19.4. The lowest BCUT2D eigenvalue weighted by molar-refractivity contribution is -0.143. The van der Waals surface area contributed by atoms with Gasteiger partial charge in [0.15, 0.2) is 5.75 Å². The van der Waals surface area contributed by atoms with Crippen LogP contribution in [0, 0.1) is 5.82 Å². The van der Waals surface area contributed by atoms with Gasteiger partial charge in [-0.25, -0.2) is 9.18 Å². The molecule has 1 aliphatic rings. The first-order chi connectivity index (χ1) is 15.3. The number of carbonyl (C=O) groups is 2. The van der Waals surface area contributed by atoms with Crippen LogP contribution in [0.1, 0.15) is 30.4 Å². The number of halogens is 7. The quantitative estimate of drug-likeness (QED) is 0.508. The summed E-state index contributed by atoms with van der Waals surface area (Å²) in [6, 6.07) is 4.50. The minimum absolute atomic E-state index is 0.0532. The molecule has 0 aliphatic carbocycles. The molecule has 5 nitrogen and oxygen atoms in total. The second-order valence-corrected chi connectivity index (χ2v) is 7.27. The lowest BCUT2D eigenvalue weighted by atomic mass is 10.0. The van der Waals surface area contributed by atoms with Crippen LogP contribution in [0.15, 0.2) is 36.4 Å². The summed E-state index contributed by atoms with van der Waals surface area (Å²) in [4.78, 5) is 26.4. The summed E-state index contributed by atoms with van der Waals surface area (Å²) in [6.07, 6.45) is -11.2. The highest BCUT2D eigenvalue weighted by molar-refractivity contribution is 5.97. The molecule has 33 heavy (non-hydrogen) atoms. The van der Waals surface area contributed by atoms with Crippen molar-refractivity contribution in [3.63, 3.8) is 0 Å². The maximum absolute atomic E-state index is 13.8. The van der Waals surface area contributed by atoms with Gasteiger partial charge in [-0.1, -0.05) is 0 Å². The second-order valence-electron chi connectivity index (χ2n) is 7.27. The number of anilines is 2. The predicted molar refractivity (Wildman–Crippen MR) is 103 cm³/mol. The fraction of sp³-hybridized carbons (Fsp3) is 0.333. The molecule has 2 aromatic rings. The Balaban J connectivity index is 2.13. The number of alkyl halides is 6. The van der Waals surface area contributed by atoms with Crippen molar-refractivity contribution in [3.8, 4) is 5.75 Å². The van der Waals surface area contributed by atoms with E-state index in [0.717, 1.165) is 41.1 Å². The van der Waals surface area contributed by atoms with Crippen LogP contribution in [-0.2, 0) is 17.1 Å². The number of rotatable bonds is 3. The molecule has 3 rings (SSSR count). The van der Waals surface area contributed by atoms with E-state index in [4.69, 9.17) is 4.74 Å². The topological polar surface area (TPSA) is 49.9 Å². The zero-order chi connectivity index (χ0) is 24.6. The summed E-state index contributed by atoms with van der Waals surface area (Å²) in [5, 5.41) is 0. The highest BCUT2D eigenvalue weighted by Crippen LogP contribution is 2.46. The zero-order valence-electron chi connectivity index (χ0n) is 17.1. The molecular weight excluding hydrogens is 461 g/mol. The monoisotopic (exact) mass is 478 g/mol. The van der Waals surface area contributed by atoms with E-state index in [1.807, 2.05) is 0 Å². The first-order valence-corrected chi connectivity index (χ1v) is 9.63. The van der Waals surface area contributed by atoms with E-state index in [9.17, 15) is 40.3 Å². The van der Waals surface area contributed by atoms with Crippen molar-refractivity contribution in [1.29, 1.82) is 0 Å². The lowest BCUT2D eigenvalue weighted by Crippen LogP contribution is -2.37. The average molecular weight is 478 g/mol. The van der Waals surface area contributed by atoms with Crippen LogP contribution in [-0.4, -0.2) is 25.6 Å². The van der Waals surface area contributed by atoms with Gasteiger partial charge >= 0.3 is 18.4 Å². The van der Waals surface area contributed by atoms with E-state index in [-0.39, 0.29) is 24.7 Å². The smallest absolute Gasteiger partial charge is 0.407 e. The van der Waals surface area contributed by atoms with Gasteiger partial charge in [0.2, 0.25) is 5.91 Å². The molecular formula is C21H17F7N2O3. The van der Waals surface area contributed by atoms with E-state index in [1.54, 1.807) is 0 Å². The van der Waals surface area contributed by atoms with E-state index in [1.165, 1.54) is 0 Å². The average Bonchev–Trinajstić information content (AvgIpc) is 2.72. The van der Waals surface area contributed by atoms with Crippen LogP contribution >= 0.6 is 0 Å². The zero-order valence-corrected chi connectivity index (χ0v) is 17.1. The van der Waals surface area contributed by atoms with Crippen LogP contribution in [0.25, 0.3) is 0 Å². The molecule has 2 aromatic carbocycles. The molecule has 1 saturated heterocycles.